The summed E-state index contributed by atoms with van der Waals surface area (Å²) in [5, 5.41) is 7.32. The van der Waals surface area contributed by atoms with Crippen LogP contribution in [-0.2, 0) is 11.4 Å². The van der Waals surface area contributed by atoms with E-state index in [-0.39, 0.29) is 11.8 Å². The molecule has 0 aliphatic carbocycles. The molecule has 0 fully saturated rings. The summed E-state index contributed by atoms with van der Waals surface area (Å²) in [7, 11) is 1.56. The standard InChI is InChI=1S/C27H28ClN3O4/c1-18(2)25(30-26(32)21-10-12-22(28)13-11-21)27(33)31-29-16-20-9-14-23(24(15-20)34-3)35-17-19-7-5-4-6-8-19/h4-16,18,25H,17H2,1-3H3,(H,30,32)(H,31,33)/b29-16-. The molecule has 0 aliphatic heterocycles. The molecule has 0 aliphatic rings. The Kier molecular flexibility index (Phi) is 9.26. The summed E-state index contributed by atoms with van der Waals surface area (Å²) in [5.41, 5.74) is 4.67. The van der Waals surface area contributed by atoms with Gasteiger partial charge in [0.2, 0.25) is 0 Å². The number of nitrogens with zero attached hydrogens (tertiary/aromatic N) is 1. The number of benzene rings is 3. The van der Waals surface area contributed by atoms with Gasteiger partial charge in [-0.05, 0) is 59.5 Å². The molecule has 3 rings (SSSR count). The molecular weight excluding hydrogens is 466 g/mol. The second-order valence-corrected chi connectivity index (χ2v) is 8.56. The summed E-state index contributed by atoms with van der Waals surface area (Å²) in [6, 6.07) is 20.9. The molecule has 8 heteroatoms. The van der Waals surface area contributed by atoms with Gasteiger partial charge in [0.15, 0.2) is 11.5 Å². The van der Waals surface area contributed by atoms with Gasteiger partial charge in [-0.15, -0.1) is 0 Å². The first-order valence-corrected chi connectivity index (χ1v) is 11.5. The quantitative estimate of drug-likeness (QED) is 0.312. The Morgan fingerprint density at radius 2 is 1.71 bits per heavy atom. The lowest BCUT2D eigenvalue weighted by molar-refractivity contribution is -0.123. The SMILES string of the molecule is COc1cc(/C=N\NC(=O)C(NC(=O)c2ccc(Cl)cc2)C(C)C)ccc1OCc1ccccc1. The first kappa shape index (κ1) is 25.8. The van der Waals surface area contributed by atoms with Gasteiger partial charge in [0.1, 0.15) is 12.6 Å². The number of ether oxygens (including phenoxy) is 2. The maximum atomic E-state index is 12.7. The predicted octanol–water partition coefficient (Wildman–Crippen LogP) is 4.83. The van der Waals surface area contributed by atoms with E-state index in [9.17, 15) is 9.59 Å². The molecule has 3 aromatic rings. The van der Waals surface area contributed by atoms with Crippen molar-refractivity contribution < 1.29 is 19.1 Å². The lowest BCUT2D eigenvalue weighted by Gasteiger charge is -2.20. The number of carbonyl (C=O) groups is 2. The number of hydrogen-bond donors (Lipinski definition) is 2. The molecule has 0 radical (unpaired) electrons. The fraction of sp³-hybridized carbons (Fsp3) is 0.222. The molecule has 0 spiro atoms. The highest BCUT2D eigenvalue weighted by Gasteiger charge is 2.24. The van der Waals surface area contributed by atoms with Crippen LogP contribution < -0.4 is 20.2 Å². The molecule has 0 saturated heterocycles. The lowest BCUT2D eigenvalue weighted by Crippen LogP contribution is -2.48. The third-order valence-electron chi connectivity index (χ3n) is 5.16. The van der Waals surface area contributed by atoms with Crippen LogP contribution in [0.3, 0.4) is 0 Å². The third-order valence-corrected chi connectivity index (χ3v) is 5.41. The minimum absolute atomic E-state index is 0.150. The van der Waals surface area contributed by atoms with Crippen LogP contribution in [0.5, 0.6) is 11.5 Å². The normalized spacial score (nSPS) is 11.8. The third kappa shape index (κ3) is 7.58. The number of hydrazone groups is 1. The summed E-state index contributed by atoms with van der Waals surface area (Å²) in [4.78, 5) is 25.2. The van der Waals surface area contributed by atoms with E-state index >= 15 is 0 Å². The fourth-order valence-electron chi connectivity index (χ4n) is 3.22. The molecule has 182 valence electrons. The number of hydrogen-bond acceptors (Lipinski definition) is 5. The van der Waals surface area contributed by atoms with Gasteiger partial charge in [-0.25, -0.2) is 5.43 Å². The summed E-state index contributed by atoms with van der Waals surface area (Å²) >= 11 is 5.87. The highest BCUT2D eigenvalue weighted by atomic mass is 35.5. The van der Waals surface area contributed by atoms with Gasteiger partial charge >= 0.3 is 0 Å². The van der Waals surface area contributed by atoms with Crippen molar-refractivity contribution in [1.29, 1.82) is 0 Å². The van der Waals surface area contributed by atoms with Crippen LogP contribution in [0, 0.1) is 5.92 Å². The average molecular weight is 494 g/mol. The van der Waals surface area contributed by atoms with Crippen molar-refractivity contribution in [3.05, 3.63) is 94.5 Å². The first-order valence-electron chi connectivity index (χ1n) is 11.1. The highest BCUT2D eigenvalue weighted by Crippen LogP contribution is 2.28. The largest absolute Gasteiger partial charge is 0.493 e. The van der Waals surface area contributed by atoms with Gasteiger partial charge in [0, 0.05) is 10.6 Å². The van der Waals surface area contributed by atoms with Crippen LogP contribution in [0.15, 0.2) is 77.9 Å². The van der Waals surface area contributed by atoms with E-state index in [1.54, 1.807) is 49.6 Å². The van der Waals surface area contributed by atoms with Crippen molar-refractivity contribution in [2.24, 2.45) is 11.0 Å². The number of halogens is 1. The van der Waals surface area contributed by atoms with Gasteiger partial charge in [0.25, 0.3) is 11.8 Å². The Balaban J connectivity index is 1.60. The first-order chi connectivity index (χ1) is 16.9. The molecule has 35 heavy (non-hydrogen) atoms. The molecule has 7 nitrogen and oxygen atoms in total. The Morgan fingerprint density at radius 1 is 1.00 bits per heavy atom. The van der Waals surface area contributed by atoms with E-state index in [0.717, 1.165) is 5.56 Å². The second-order valence-electron chi connectivity index (χ2n) is 8.12. The Morgan fingerprint density at radius 3 is 2.37 bits per heavy atom. The molecule has 0 saturated carbocycles. The number of rotatable bonds is 10. The number of amides is 2. The minimum Gasteiger partial charge on any atom is -0.493 e. The maximum absolute atomic E-state index is 12.7. The van der Waals surface area contributed by atoms with E-state index in [4.69, 9.17) is 21.1 Å². The van der Waals surface area contributed by atoms with Crippen molar-refractivity contribution in [3.8, 4) is 11.5 Å². The zero-order chi connectivity index (χ0) is 25.2. The van der Waals surface area contributed by atoms with Crippen LogP contribution in [0.2, 0.25) is 5.02 Å². The van der Waals surface area contributed by atoms with E-state index in [2.05, 4.69) is 15.8 Å². The lowest BCUT2D eigenvalue weighted by atomic mass is 10.0. The molecule has 3 aromatic carbocycles. The molecule has 0 heterocycles. The summed E-state index contributed by atoms with van der Waals surface area (Å²) < 4.78 is 11.3. The van der Waals surface area contributed by atoms with Crippen molar-refractivity contribution in [2.45, 2.75) is 26.5 Å². The highest BCUT2D eigenvalue weighted by molar-refractivity contribution is 6.30. The van der Waals surface area contributed by atoms with Gasteiger partial charge < -0.3 is 14.8 Å². The topological polar surface area (TPSA) is 89.0 Å². The van der Waals surface area contributed by atoms with E-state index in [1.807, 2.05) is 44.2 Å². The van der Waals surface area contributed by atoms with Gasteiger partial charge in [-0.3, -0.25) is 9.59 Å². The smallest absolute Gasteiger partial charge is 0.262 e. The molecule has 1 unspecified atom stereocenters. The summed E-state index contributed by atoms with van der Waals surface area (Å²) in [6.07, 6.45) is 1.50. The van der Waals surface area contributed by atoms with Crippen LogP contribution in [0.1, 0.15) is 35.3 Å². The number of nitrogens with one attached hydrogen (secondary N) is 2. The fourth-order valence-corrected chi connectivity index (χ4v) is 3.35. The van der Waals surface area contributed by atoms with Crippen molar-refractivity contribution in [2.75, 3.05) is 7.11 Å². The Labute approximate surface area is 210 Å². The monoisotopic (exact) mass is 493 g/mol. The van der Waals surface area contributed by atoms with Crippen LogP contribution >= 0.6 is 11.6 Å². The molecule has 2 amide bonds. The predicted molar refractivity (Wildman–Crippen MR) is 137 cm³/mol. The van der Waals surface area contributed by atoms with Gasteiger partial charge in [0.05, 0.1) is 13.3 Å². The molecule has 2 N–H and O–H groups in total. The molecule has 1 atom stereocenters. The maximum Gasteiger partial charge on any atom is 0.262 e. The number of methoxy groups -OCH3 is 1. The number of carbonyl (C=O) groups excluding carboxylic acids is 2. The van der Waals surface area contributed by atoms with Crippen molar-refractivity contribution >= 4 is 29.6 Å². The average Bonchev–Trinajstić information content (AvgIpc) is 2.87. The van der Waals surface area contributed by atoms with E-state index < -0.39 is 11.9 Å². The second kappa shape index (κ2) is 12.6. The molecule has 0 aromatic heterocycles. The molecule has 0 bridgehead atoms. The Hall–Kier alpha value is -3.84. The zero-order valence-electron chi connectivity index (χ0n) is 19.8. The van der Waals surface area contributed by atoms with Gasteiger partial charge in [-0.1, -0.05) is 55.8 Å². The summed E-state index contributed by atoms with van der Waals surface area (Å²) in [5.74, 6) is 0.208. The van der Waals surface area contributed by atoms with Crippen molar-refractivity contribution in [1.82, 2.24) is 10.7 Å². The molecular formula is C27H28ClN3O4. The Bertz CT molecular complexity index is 1160. The van der Waals surface area contributed by atoms with Crippen LogP contribution in [-0.4, -0.2) is 31.2 Å². The van der Waals surface area contributed by atoms with Crippen LogP contribution in [0.25, 0.3) is 0 Å². The van der Waals surface area contributed by atoms with Crippen molar-refractivity contribution in [3.63, 3.8) is 0 Å². The van der Waals surface area contributed by atoms with Gasteiger partial charge in [-0.2, -0.15) is 5.10 Å². The van der Waals surface area contributed by atoms with E-state index in [1.165, 1.54) is 6.21 Å². The minimum atomic E-state index is -0.765. The van der Waals surface area contributed by atoms with Crippen LogP contribution in [0.4, 0.5) is 0 Å². The zero-order valence-corrected chi connectivity index (χ0v) is 20.6. The van der Waals surface area contributed by atoms with E-state index in [0.29, 0.717) is 34.3 Å². The summed E-state index contributed by atoms with van der Waals surface area (Å²) in [6.45, 7) is 4.10.